The van der Waals surface area contributed by atoms with E-state index in [1.807, 2.05) is 4.90 Å². The van der Waals surface area contributed by atoms with Crippen LogP contribution in [0.25, 0.3) is 0 Å². The first-order valence-electron chi connectivity index (χ1n) is 5.65. The van der Waals surface area contributed by atoms with Crippen molar-refractivity contribution >= 4 is 17.5 Å². The maximum absolute atomic E-state index is 11.7. The van der Waals surface area contributed by atoms with Crippen LogP contribution in [0.15, 0.2) is 12.4 Å². The Balaban J connectivity index is 1.96. The lowest BCUT2D eigenvalue weighted by atomic mass is 10.0. The molecule has 1 aromatic rings. The highest BCUT2D eigenvalue weighted by Crippen LogP contribution is 2.23. The van der Waals surface area contributed by atoms with Gasteiger partial charge in [0.1, 0.15) is 0 Å². The summed E-state index contributed by atoms with van der Waals surface area (Å²) >= 11 is 5.88. The van der Waals surface area contributed by atoms with E-state index in [2.05, 4.69) is 11.9 Å². The Morgan fingerprint density at radius 2 is 2.44 bits per heavy atom. The van der Waals surface area contributed by atoms with Crippen molar-refractivity contribution in [1.29, 1.82) is 0 Å². The molecule has 88 valence electrons. The Morgan fingerprint density at radius 3 is 3.06 bits per heavy atom. The zero-order valence-electron chi connectivity index (χ0n) is 9.40. The smallest absolute Gasteiger partial charge is 0.224 e. The second-order valence-electron chi connectivity index (χ2n) is 4.28. The number of rotatable bonds is 4. The minimum atomic E-state index is 0.225. The first-order valence-corrected chi connectivity index (χ1v) is 6.03. The molecule has 0 aromatic carbocycles. The number of carbonyl (C=O) groups is 1. The van der Waals surface area contributed by atoms with E-state index in [9.17, 15) is 4.79 Å². The standard InChI is InChI=1S/C11H16ClN3O/c1-2-3-9-6-10(16)15(7-9)8-14-5-4-13-11(14)12/h4-5,9H,2-3,6-8H2,1H3. The fraction of sp³-hybridized carbons (Fsp3) is 0.636. The van der Waals surface area contributed by atoms with Crippen molar-refractivity contribution in [2.45, 2.75) is 32.9 Å². The summed E-state index contributed by atoms with van der Waals surface area (Å²) in [6, 6.07) is 0. The first kappa shape index (κ1) is 11.5. The van der Waals surface area contributed by atoms with E-state index in [4.69, 9.17) is 11.6 Å². The van der Waals surface area contributed by atoms with Gasteiger partial charge >= 0.3 is 0 Å². The van der Waals surface area contributed by atoms with Crippen LogP contribution >= 0.6 is 11.6 Å². The number of likely N-dealkylation sites (tertiary alicyclic amines) is 1. The number of carbonyl (C=O) groups excluding carboxylic acids is 1. The van der Waals surface area contributed by atoms with Crippen LogP contribution in [0, 0.1) is 5.92 Å². The van der Waals surface area contributed by atoms with Gasteiger partial charge in [0.05, 0.1) is 6.67 Å². The van der Waals surface area contributed by atoms with Gasteiger partial charge < -0.3 is 9.47 Å². The second-order valence-corrected chi connectivity index (χ2v) is 4.62. The molecule has 1 aliphatic heterocycles. The summed E-state index contributed by atoms with van der Waals surface area (Å²) in [5.74, 6) is 0.739. The van der Waals surface area contributed by atoms with Gasteiger partial charge in [0, 0.05) is 25.4 Å². The summed E-state index contributed by atoms with van der Waals surface area (Å²) < 4.78 is 1.79. The average Bonchev–Trinajstić information content (AvgIpc) is 2.77. The average molecular weight is 242 g/mol. The van der Waals surface area contributed by atoms with Gasteiger partial charge in [0.15, 0.2) is 0 Å². The van der Waals surface area contributed by atoms with Gasteiger partial charge in [-0.25, -0.2) is 4.98 Å². The highest BCUT2D eigenvalue weighted by molar-refractivity contribution is 6.28. The third kappa shape index (κ3) is 2.38. The molecule has 1 aliphatic rings. The van der Waals surface area contributed by atoms with Crippen LogP contribution in [0.5, 0.6) is 0 Å². The quantitative estimate of drug-likeness (QED) is 0.810. The molecule has 1 amide bonds. The van der Waals surface area contributed by atoms with Crippen molar-refractivity contribution in [3.63, 3.8) is 0 Å². The van der Waals surface area contributed by atoms with E-state index in [1.165, 1.54) is 0 Å². The zero-order valence-corrected chi connectivity index (χ0v) is 10.2. The number of hydrogen-bond acceptors (Lipinski definition) is 2. The van der Waals surface area contributed by atoms with Gasteiger partial charge in [0.2, 0.25) is 11.2 Å². The molecule has 0 radical (unpaired) electrons. The van der Waals surface area contributed by atoms with Crippen molar-refractivity contribution in [1.82, 2.24) is 14.5 Å². The number of nitrogens with zero attached hydrogens (tertiary/aromatic N) is 3. The molecule has 1 unspecified atom stereocenters. The van der Waals surface area contributed by atoms with E-state index < -0.39 is 0 Å². The van der Waals surface area contributed by atoms with E-state index in [-0.39, 0.29) is 5.91 Å². The van der Waals surface area contributed by atoms with Crippen molar-refractivity contribution in [2.24, 2.45) is 5.92 Å². The Morgan fingerprint density at radius 1 is 1.62 bits per heavy atom. The molecule has 0 spiro atoms. The van der Waals surface area contributed by atoms with Gasteiger partial charge in [-0.05, 0) is 23.9 Å². The summed E-state index contributed by atoms with van der Waals surface area (Å²) in [6.45, 7) is 3.53. The van der Waals surface area contributed by atoms with Gasteiger partial charge in [-0.1, -0.05) is 13.3 Å². The minimum Gasteiger partial charge on any atom is -0.324 e. The van der Waals surface area contributed by atoms with Crippen LogP contribution in [0.2, 0.25) is 5.28 Å². The Kier molecular flexibility index (Phi) is 3.49. The summed E-state index contributed by atoms with van der Waals surface area (Å²) in [5, 5.41) is 0.437. The van der Waals surface area contributed by atoms with Gasteiger partial charge in [-0.2, -0.15) is 0 Å². The van der Waals surface area contributed by atoms with E-state index in [0.29, 0.717) is 24.3 Å². The van der Waals surface area contributed by atoms with Gasteiger partial charge in [0.25, 0.3) is 0 Å². The fourth-order valence-electron chi connectivity index (χ4n) is 2.19. The first-order chi connectivity index (χ1) is 7.70. The van der Waals surface area contributed by atoms with E-state index in [1.54, 1.807) is 17.0 Å². The lowest BCUT2D eigenvalue weighted by Gasteiger charge is -2.17. The summed E-state index contributed by atoms with van der Waals surface area (Å²) in [7, 11) is 0. The molecule has 4 nitrogen and oxygen atoms in total. The van der Waals surface area contributed by atoms with Gasteiger partial charge in [-0.15, -0.1) is 0 Å². The van der Waals surface area contributed by atoms with Crippen LogP contribution in [0.3, 0.4) is 0 Å². The summed E-state index contributed by atoms with van der Waals surface area (Å²) in [6.07, 6.45) is 6.38. The lowest BCUT2D eigenvalue weighted by Crippen LogP contribution is -2.27. The molecule has 16 heavy (non-hydrogen) atoms. The normalized spacial score (nSPS) is 20.8. The molecular weight excluding hydrogens is 226 g/mol. The second kappa shape index (κ2) is 4.87. The molecule has 0 N–H and O–H groups in total. The maximum atomic E-state index is 11.7. The summed E-state index contributed by atoms with van der Waals surface area (Å²) in [4.78, 5) is 17.5. The van der Waals surface area contributed by atoms with Crippen LogP contribution in [-0.2, 0) is 11.5 Å². The number of halogens is 1. The van der Waals surface area contributed by atoms with Crippen molar-refractivity contribution in [3.8, 4) is 0 Å². The fourth-order valence-corrected chi connectivity index (χ4v) is 2.36. The van der Waals surface area contributed by atoms with Crippen molar-refractivity contribution < 1.29 is 4.79 Å². The minimum absolute atomic E-state index is 0.225. The Bertz CT molecular complexity index is 377. The highest BCUT2D eigenvalue weighted by Gasteiger charge is 2.28. The Hall–Kier alpha value is -1.03. The number of imidazole rings is 1. The van der Waals surface area contributed by atoms with Crippen molar-refractivity contribution in [3.05, 3.63) is 17.7 Å². The molecule has 2 rings (SSSR count). The molecule has 1 saturated heterocycles. The van der Waals surface area contributed by atoms with Crippen molar-refractivity contribution in [2.75, 3.05) is 6.54 Å². The molecule has 0 aliphatic carbocycles. The molecule has 5 heteroatoms. The highest BCUT2D eigenvalue weighted by atomic mass is 35.5. The predicted molar refractivity (Wildman–Crippen MR) is 62.0 cm³/mol. The van der Waals surface area contributed by atoms with Crippen LogP contribution in [0.4, 0.5) is 0 Å². The summed E-state index contributed by atoms with van der Waals surface area (Å²) in [5.41, 5.74) is 0. The third-order valence-electron chi connectivity index (χ3n) is 2.98. The van der Waals surface area contributed by atoms with Crippen LogP contribution in [-0.4, -0.2) is 26.9 Å². The van der Waals surface area contributed by atoms with E-state index in [0.717, 1.165) is 19.4 Å². The third-order valence-corrected chi connectivity index (χ3v) is 3.29. The maximum Gasteiger partial charge on any atom is 0.224 e. The molecule has 0 bridgehead atoms. The molecule has 1 aromatic heterocycles. The number of amides is 1. The lowest BCUT2D eigenvalue weighted by molar-refractivity contribution is -0.129. The molecule has 1 fully saturated rings. The largest absolute Gasteiger partial charge is 0.324 e. The monoisotopic (exact) mass is 241 g/mol. The van der Waals surface area contributed by atoms with E-state index >= 15 is 0 Å². The molecular formula is C11H16ClN3O. The predicted octanol–water partition coefficient (Wildman–Crippen LogP) is 2.14. The van der Waals surface area contributed by atoms with Gasteiger partial charge in [-0.3, -0.25) is 4.79 Å². The number of aromatic nitrogens is 2. The topological polar surface area (TPSA) is 38.1 Å². The molecule has 0 saturated carbocycles. The van der Waals surface area contributed by atoms with Crippen LogP contribution in [0.1, 0.15) is 26.2 Å². The Labute approximate surface area is 100 Å². The SMILES string of the molecule is CCCC1CC(=O)N(Cn2ccnc2Cl)C1. The zero-order chi connectivity index (χ0) is 11.5. The number of hydrogen-bond donors (Lipinski definition) is 0. The molecule has 2 heterocycles. The molecule has 1 atom stereocenters. The van der Waals surface area contributed by atoms with Crippen LogP contribution < -0.4 is 0 Å².